The van der Waals surface area contributed by atoms with Crippen LogP contribution >= 0.6 is 23.2 Å². The number of benzene rings is 1. The minimum Gasteiger partial charge on any atom is -0.259 e. The summed E-state index contributed by atoms with van der Waals surface area (Å²) in [4.78, 5) is 7.85. The zero-order valence-electron chi connectivity index (χ0n) is 8.64. The number of hydrazone groups is 1. The van der Waals surface area contributed by atoms with Crippen molar-refractivity contribution >= 4 is 35.2 Å². The number of hydrogen-bond donors (Lipinski definition) is 1. The van der Waals surface area contributed by atoms with E-state index in [0.29, 0.717) is 10.8 Å². The predicted octanol–water partition coefficient (Wildman–Crippen LogP) is 3.23. The standard InChI is InChI=1S/C11H8Cl2N4/c12-9-3-1-8(2-4-9)7-16-17-11-10(13)14-5-6-15-11/h1-7H,(H,15,17)/b16-7+. The Balaban J connectivity index is 2.03. The van der Waals surface area contributed by atoms with Crippen LogP contribution < -0.4 is 5.43 Å². The molecule has 1 aromatic heterocycles. The van der Waals surface area contributed by atoms with Crippen LogP contribution in [0.5, 0.6) is 0 Å². The van der Waals surface area contributed by atoms with Gasteiger partial charge in [0.15, 0.2) is 11.0 Å². The fourth-order valence-electron chi connectivity index (χ4n) is 1.11. The van der Waals surface area contributed by atoms with Gasteiger partial charge >= 0.3 is 0 Å². The van der Waals surface area contributed by atoms with E-state index in [1.807, 2.05) is 12.1 Å². The van der Waals surface area contributed by atoms with E-state index < -0.39 is 0 Å². The summed E-state index contributed by atoms with van der Waals surface area (Å²) in [5, 5.41) is 4.96. The van der Waals surface area contributed by atoms with Gasteiger partial charge in [0.05, 0.1) is 6.21 Å². The average molecular weight is 267 g/mol. The van der Waals surface area contributed by atoms with Crippen molar-refractivity contribution in [2.45, 2.75) is 0 Å². The largest absolute Gasteiger partial charge is 0.259 e. The van der Waals surface area contributed by atoms with E-state index in [4.69, 9.17) is 23.2 Å². The van der Waals surface area contributed by atoms with Gasteiger partial charge in [-0.25, -0.2) is 9.97 Å². The van der Waals surface area contributed by atoms with Gasteiger partial charge in [-0.15, -0.1) is 0 Å². The summed E-state index contributed by atoms with van der Waals surface area (Å²) < 4.78 is 0. The van der Waals surface area contributed by atoms with E-state index in [1.165, 1.54) is 12.4 Å². The second kappa shape index (κ2) is 5.61. The molecule has 0 fully saturated rings. The molecule has 0 atom stereocenters. The summed E-state index contributed by atoms with van der Waals surface area (Å²) in [7, 11) is 0. The molecule has 0 aliphatic carbocycles. The molecule has 0 aliphatic heterocycles. The van der Waals surface area contributed by atoms with Crippen LogP contribution in [0.25, 0.3) is 0 Å². The molecular formula is C11H8Cl2N4. The molecule has 4 nitrogen and oxygen atoms in total. The van der Waals surface area contributed by atoms with Gasteiger partial charge in [-0.1, -0.05) is 35.3 Å². The molecule has 0 amide bonds. The zero-order valence-corrected chi connectivity index (χ0v) is 10.2. The molecule has 1 N–H and O–H groups in total. The van der Waals surface area contributed by atoms with Gasteiger partial charge in [-0.2, -0.15) is 5.10 Å². The normalized spacial score (nSPS) is 10.7. The van der Waals surface area contributed by atoms with Crippen molar-refractivity contribution in [1.29, 1.82) is 0 Å². The topological polar surface area (TPSA) is 50.2 Å². The lowest BCUT2D eigenvalue weighted by Crippen LogP contribution is -1.95. The van der Waals surface area contributed by atoms with Crippen LogP contribution in [-0.2, 0) is 0 Å². The summed E-state index contributed by atoms with van der Waals surface area (Å²) >= 11 is 11.6. The Bertz CT molecular complexity index is 525. The van der Waals surface area contributed by atoms with E-state index in [0.717, 1.165) is 5.56 Å². The molecule has 2 rings (SSSR count). The highest BCUT2D eigenvalue weighted by atomic mass is 35.5. The number of halogens is 2. The van der Waals surface area contributed by atoms with Gasteiger partial charge in [-0.3, -0.25) is 5.43 Å². The second-order valence-corrected chi connectivity index (χ2v) is 3.91. The third-order valence-electron chi connectivity index (χ3n) is 1.91. The second-order valence-electron chi connectivity index (χ2n) is 3.12. The third-order valence-corrected chi connectivity index (χ3v) is 2.44. The van der Waals surface area contributed by atoms with Gasteiger partial charge in [0, 0.05) is 17.4 Å². The molecule has 6 heteroatoms. The fraction of sp³-hybridized carbons (Fsp3) is 0. The molecule has 1 aromatic carbocycles. The molecule has 17 heavy (non-hydrogen) atoms. The minimum atomic E-state index is 0.278. The molecule has 2 aromatic rings. The lowest BCUT2D eigenvalue weighted by atomic mass is 10.2. The summed E-state index contributed by atoms with van der Waals surface area (Å²) in [5.41, 5.74) is 3.63. The fourth-order valence-corrected chi connectivity index (χ4v) is 1.39. The minimum absolute atomic E-state index is 0.278. The number of aromatic nitrogens is 2. The predicted molar refractivity (Wildman–Crippen MR) is 69.7 cm³/mol. The van der Waals surface area contributed by atoms with E-state index in [-0.39, 0.29) is 5.15 Å². The first kappa shape index (κ1) is 11.8. The van der Waals surface area contributed by atoms with Crippen LogP contribution in [0.4, 0.5) is 5.82 Å². The molecule has 0 radical (unpaired) electrons. The van der Waals surface area contributed by atoms with Crippen molar-refractivity contribution in [3.8, 4) is 0 Å². The number of anilines is 1. The van der Waals surface area contributed by atoms with E-state index in [9.17, 15) is 0 Å². The Hall–Kier alpha value is -1.65. The maximum absolute atomic E-state index is 5.80. The Kier molecular flexibility index (Phi) is 3.90. The van der Waals surface area contributed by atoms with E-state index in [1.54, 1.807) is 18.3 Å². The Labute approximate surface area is 108 Å². The lowest BCUT2D eigenvalue weighted by molar-refractivity contribution is 1.16. The maximum Gasteiger partial charge on any atom is 0.184 e. The number of nitrogens with one attached hydrogen (secondary N) is 1. The third kappa shape index (κ3) is 3.41. The van der Waals surface area contributed by atoms with Crippen molar-refractivity contribution in [1.82, 2.24) is 9.97 Å². The number of nitrogens with zero attached hydrogens (tertiary/aromatic N) is 3. The van der Waals surface area contributed by atoms with Gasteiger partial charge in [0.2, 0.25) is 0 Å². The van der Waals surface area contributed by atoms with Gasteiger partial charge in [0.25, 0.3) is 0 Å². The van der Waals surface area contributed by atoms with Crippen LogP contribution in [0.2, 0.25) is 10.2 Å². The van der Waals surface area contributed by atoms with Crippen molar-refractivity contribution in [3.63, 3.8) is 0 Å². The maximum atomic E-state index is 5.80. The monoisotopic (exact) mass is 266 g/mol. The first-order valence-electron chi connectivity index (χ1n) is 4.77. The van der Waals surface area contributed by atoms with Crippen LogP contribution in [0.15, 0.2) is 41.8 Å². The Morgan fingerprint density at radius 2 is 1.76 bits per heavy atom. The molecule has 1 heterocycles. The van der Waals surface area contributed by atoms with Crippen molar-refractivity contribution < 1.29 is 0 Å². The van der Waals surface area contributed by atoms with Gasteiger partial charge < -0.3 is 0 Å². The quantitative estimate of drug-likeness (QED) is 0.686. The molecule has 0 saturated carbocycles. The van der Waals surface area contributed by atoms with Gasteiger partial charge in [-0.05, 0) is 17.7 Å². The molecule has 86 valence electrons. The van der Waals surface area contributed by atoms with Gasteiger partial charge in [0.1, 0.15) is 0 Å². The zero-order chi connectivity index (χ0) is 12.1. The molecule has 0 spiro atoms. The molecule has 0 saturated heterocycles. The molecular weight excluding hydrogens is 259 g/mol. The highest BCUT2D eigenvalue weighted by Gasteiger charge is 1.98. The molecule has 0 bridgehead atoms. The summed E-state index contributed by atoms with van der Waals surface area (Å²) in [6.45, 7) is 0. The first-order valence-corrected chi connectivity index (χ1v) is 5.52. The van der Waals surface area contributed by atoms with Crippen molar-refractivity contribution in [2.75, 3.05) is 5.43 Å². The SMILES string of the molecule is Clc1ccc(/C=N/Nc2nccnc2Cl)cc1. The van der Waals surface area contributed by atoms with Crippen molar-refractivity contribution in [2.24, 2.45) is 5.10 Å². The van der Waals surface area contributed by atoms with Crippen molar-refractivity contribution in [3.05, 3.63) is 52.4 Å². The van der Waals surface area contributed by atoms with Crippen LogP contribution in [0.3, 0.4) is 0 Å². The summed E-state index contributed by atoms with van der Waals surface area (Å²) in [5.74, 6) is 0.416. The van der Waals surface area contributed by atoms with E-state index in [2.05, 4.69) is 20.5 Å². The molecule has 0 aliphatic rings. The van der Waals surface area contributed by atoms with Crippen LogP contribution in [0, 0.1) is 0 Å². The van der Waals surface area contributed by atoms with Crippen LogP contribution in [0.1, 0.15) is 5.56 Å². The Morgan fingerprint density at radius 1 is 1.06 bits per heavy atom. The summed E-state index contributed by atoms with van der Waals surface area (Å²) in [6.07, 6.45) is 4.68. The molecule has 0 unspecified atom stereocenters. The smallest absolute Gasteiger partial charge is 0.184 e. The van der Waals surface area contributed by atoms with E-state index >= 15 is 0 Å². The lowest BCUT2D eigenvalue weighted by Gasteiger charge is -1.99. The Morgan fingerprint density at radius 3 is 2.47 bits per heavy atom. The summed E-state index contributed by atoms with van der Waals surface area (Å²) in [6, 6.07) is 7.29. The highest BCUT2D eigenvalue weighted by molar-refractivity contribution is 6.31. The number of hydrogen-bond acceptors (Lipinski definition) is 4. The highest BCUT2D eigenvalue weighted by Crippen LogP contribution is 2.13. The van der Waals surface area contributed by atoms with Crippen LogP contribution in [-0.4, -0.2) is 16.2 Å². The number of rotatable bonds is 3. The average Bonchev–Trinajstić information content (AvgIpc) is 2.34. The first-order chi connectivity index (χ1) is 8.25.